The number of benzene rings is 3. The van der Waals surface area contributed by atoms with Crippen molar-refractivity contribution in [1.82, 2.24) is 14.5 Å². The molecule has 1 heterocycles. The molecule has 0 unspecified atom stereocenters. The van der Waals surface area contributed by atoms with Crippen LogP contribution in [-0.2, 0) is 19.7 Å². The molecule has 0 aliphatic heterocycles. The molecule has 0 aliphatic rings. The van der Waals surface area contributed by atoms with Gasteiger partial charge in [0, 0.05) is 19.2 Å². The van der Waals surface area contributed by atoms with Crippen LogP contribution in [0.1, 0.15) is 28.7 Å². The Hall–Kier alpha value is -3.60. The molecule has 0 saturated carbocycles. The van der Waals surface area contributed by atoms with Crippen molar-refractivity contribution in [3.05, 3.63) is 95.8 Å². The van der Waals surface area contributed by atoms with Crippen LogP contribution in [0.4, 0.5) is 0 Å². The standard InChI is InChI=1S/C25H25N3O2/c1-3-28-23-15-8-7-14-22(23)26-24(28)17-27(2)25(29)20-12-9-13-21(16-20)30-18-19-10-5-4-6-11-19/h4-16H,3,17-18H2,1-2H3. The van der Waals surface area contributed by atoms with Crippen LogP contribution in [0.2, 0.25) is 0 Å². The van der Waals surface area contributed by atoms with E-state index >= 15 is 0 Å². The molecule has 1 aromatic heterocycles. The topological polar surface area (TPSA) is 47.4 Å². The second-order valence-corrected chi connectivity index (χ2v) is 7.22. The van der Waals surface area contributed by atoms with Crippen molar-refractivity contribution in [2.75, 3.05) is 7.05 Å². The van der Waals surface area contributed by atoms with E-state index in [4.69, 9.17) is 9.72 Å². The summed E-state index contributed by atoms with van der Waals surface area (Å²) in [7, 11) is 1.80. The normalized spacial score (nSPS) is 10.9. The Bertz CT molecular complexity index is 1150. The molecule has 4 aromatic rings. The molecular formula is C25H25N3O2. The van der Waals surface area contributed by atoms with Gasteiger partial charge >= 0.3 is 0 Å². The van der Waals surface area contributed by atoms with Crippen molar-refractivity contribution in [3.63, 3.8) is 0 Å². The van der Waals surface area contributed by atoms with E-state index in [1.165, 1.54) is 0 Å². The van der Waals surface area contributed by atoms with Crippen LogP contribution in [0, 0.1) is 0 Å². The summed E-state index contributed by atoms with van der Waals surface area (Å²) in [5.41, 5.74) is 3.73. The number of amides is 1. The first-order valence-corrected chi connectivity index (χ1v) is 10.1. The number of aromatic nitrogens is 2. The number of nitrogens with zero attached hydrogens (tertiary/aromatic N) is 3. The molecule has 5 nitrogen and oxygen atoms in total. The molecule has 30 heavy (non-hydrogen) atoms. The first-order chi connectivity index (χ1) is 14.7. The molecule has 0 fully saturated rings. The fraction of sp³-hybridized carbons (Fsp3) is 0.200. The minimum atomic E-state index is -0.0603. The third-order valence-corrected chi connectivity index (χ3v) is 5.10. The molecular weight excluding hydrogens is 374 g/mol. The Morgan fingerprint density at radius 1 is 1.00 bits per heavy atom. The highest BCUT2D eigenvalue weighted by molar-refractivity contribution is 5.94. The Kier molecular flexibility index (Phi) is 5.80. The quantitative estimate of drug-likeness (QED) is 0.444. The number of imidazole rings is 1. The fourth-order valence-electron chi connectivity index (χ4n) is 3.56. The number of ether oxygens (including phenoxy) is 1. The fourth-order valence-corrected chi connectivity index (χ4v) is 3.56. The van der Waals surface area contributed by atoms with E-state index in [-0.39, 0.29) is 5.91 Å². The maximum absolute atomic E-state index is 13.0. The van der Waals surface area contributed by atoms with E-state index in [2.05, 4.69) is 17.6 Å². The third-order valence-electron chi connectivity index (χ3n) is 5.10. The van der Waals surface area contributed by atoms with Gasteiger partial charge in [0.2, 0.25) is 0 Å². The Morgan fingerprint density at radius 2 is 1.77 bits per heavy atom. The number of aryl methyl sites for hydroxylation is 1. The van der Waals surface area contributed by atoms with E-state index in [0.717, 1.165) is 29.0 Å². The lowest BCUT2D eigenvalue weighted by atomic mass is 10.2. The highest BCUT2D eigenvalue weighted by Crippen LogP contribution is 2.19. The molecule has 5 heteroatoms. The Balaban J connectivity index is 1.48. The van der Waals surface area contributed by atoms with Gasteiger partial charge in [-0.1, -0.05) is 48.5 Å². The molecule has 0 N–H and O–H groups in total. The van der Waals surface area contributed by atoms with Crippen LogP contribution in [0.25, 0.3) is 11.0 Å². The smallest absolute Gasteiger partial charge is 0.254 e. The molecule has 0 aliphatic carbocycles. The summed E-state index contributed by atoms with van der Waals surface area (Å²) in [6.45, 7) is 3.80. The summed E-state index contributed by atoms with van der Waals surface area (Å²) in [5, 5.41) is 0. The second kappa shape index (κ2) is 8.82. The van der Waals surface area contributed by atoms with Gasteiger partial charge < -0.3 is 14.2 Å². The molecule has 0 bridgehead atoms. The number of carbonyl (C=O) groups excluding carboxylic acids is 1. The monoisotopic (exact) mass is 399 g/mol. The first kappa shape index (κ1) is 19.7. The summed E-state index contributed by atoms with van der Waals surface area (Å²) in [6.07, 6.45) is 0. The summed E-state index contributed by atoms with van der Waals surface area (Å²) < 4.78 is 8.02. The van der Waals surface area contributed by atoms with Crippen LogP contribution >= 0.6 is 0 Å². The molecule has 4 rings (SSSR count). The summed E-state index contributed by atoms with van der Waals surface area (Å²) >= 11 is 0. The molecule has 1 amide bonds. The summed E-state index contributed by atoms with van der Waals surface area (Å²) in [4.78, 5) is 19.4. The van der Waals surface area contributed by atoms with Crippen molar-refractivity contribution in [2.45, 2.75) is 26.6 Å². The average Bonchev–Trinajstić information content (AvgIpc) is 3.15. The van der Waals surface area contributed by atoms with Crippen molar-refractivity contribution in [3.8, 4) is 5.75 Å². The zero-order valence-electron chi connectivity index (χ0n) is 17.3. The molecule has 152 valence electrons. The number of para-hydroxylation sites is 2. The second-order valence-electron chi connectivity index (χ2n) is 7.22. The highest BCUT2D eigenvalue weighted by atomic mass is 16.5. The van der Waals surface area contributed by atoms with Crippen LogP contribution in [-0.4, -0.2) is 27.4 Å². The average molecular weight is 399 g/mol. The SMILES string of the molecule is CCn1c(CN(C)C(=O)c2cccc(OCc3ccccc3)c2)nc2ccccc21. The van der Waals surface area contributed by atoms with Gasteiger partial charge in [0.1, 0.15) is 18.2 Å². The third kappa shape index (κ3) is 4.20. The summed E-state index contributed by atoms with van der Waals surface area (Å²) in [6, 6.07) is 25.4. The minimum Gasteiger partial charge on any atom is -0.489 e. The Morgan fingerprint density at radius 3 is 2.57 bits per heavy atom. The van der Waals surface area contributed by atoms with Gasteiger partial charge in [-0.15, -0.1) is 0 Å². The number of hydrogen-bond donors (Lipinski definition) is 0. The van der Waals surface area contributed by atoms with E-state index in [9.17, 15) is 4.79 Å². The molecule has 0 atom stereocenters. The largest absolute Gasteiger partial charge is 0.489 e. The lowest BCUT2D eigenvalue weighted by molar-refractivity contribution is 0.0780. The van der Waals surface area contributed by atoms with Gasteiger partial charge in [-0.25, -0.2) is 4.98 Å². The van der Waals surface area contributed by atoms with E-state index in [0.29, 0.717) is 24.5 Å². The Labute approximate surface area is 176 Å². The maximum atomic E-state index is 13.0. The number of fused-ring (bicyclic) bond motifs is 1. The molecule has 0 saturated heterocycles. The number of carbonyl (C=O) groups is 1. The lowest BCUT2D eigenvalue weighted by Crippen LogP contribution is -2.27. The van der Waals surface area contributed by atoms with E-state index in [1.54, 1.807) is 18.0 Å². The maximum Gasteiger partial charge on any atom is 0.254 e. The van der Waals surface area contributed by atoms with Crippen LogP contribution in [0.5, 0.6) is 5.75 Å². The number of hydrogen-bond acceptors (Lipinski definition) is 3. The minimum absolute atomic E-state index is 0.0603. The first-order valence-electron chi connectivity index (χ1n) is 10.1. The molecule has 3 aromatic carbocycles. The number of rotatable bonds is 7. The lowest BCUT2D eigenvalue weighted by Gasteiger charge is -2.18. The van der Waals surface area contributed by atoms with Gasteiger partial charge in [-0.05, 0) is 42.8 Å². The zero-order chi connectivity index (χ0) is 20.9. The van der Waals surface area contributed by atoms with Crippen molar-refractivity contribution < 1.29 is 9.53 Å². The van der Waals surface area contributed by atoms with Gasteiger partial charge in [0.15, 0.2) is 0 Å². The van der Waals surface area contributed by atoms with Crippen LogP contribution in [0.3, 0.4) is 0 Å². The van der Waals surface area contributed by atoms with Crippen molar-refractivity contribution in [2.24, 2.45) is 0 Å². The van der Waals surface area contributed by atoms with Crippen LogP contribution < -0.4 is 4.74 Å². The van der Waals surface area contributed by atoms with Crippen molar-refractivity contribution in [1.29, 1.82) is 0 Å². The van der Waals surface area contributed by atoms with Gasteiger partial charge in [-0.3, -0.25) is 4.79 Å². The predicted molar refractivity (Wildman–Crippen MR) is 118 cm³/mol. The van der Waals surface area contributed by atoms with E-state index in [1.807, 2.05) is 66.7 Å². The molecule has 0 radical (unpaired) electrons. The van der Waals surface area contributed by atoms with Crippen molar-refractivity contribution >= 4 is 16.9 Å². The molecule has 0 spiro atoms. The van der Waals surface area contributed by atoms with Crippen LogP contribution in [0.15, 0.2) is 78.9 Å². The van der Waals surface area contributed by atoms with Gasteiger partial charge in [0.25, 0.3) is 5.91 Å². The highest BCUT2D eigenvalue weighted by Gasteiger charge is 2.17. The van der Waals surface area contributed by atoms with Gasteiger partial charge in [0.05, 0.1) is 17.6 Å². The van der Waals surface area contributed by atoms with E-state index < -0.39 is 0 Å². The predicted octanol–water partition coefficient (Wildman–Crippen LogP) is 4.91. The zero-order valence-corrected chi connectivity index (χ0v) is 17.3. The summed E-state index contributed by atoms with van der Waals surface area (Å²) in [5.74, 6) is 1.50. The van der Waals surface area contributed by atoms with Gasteiger partial charge in [-0.2, -0.15) is 0 Å².